The van der Waals surface area contributed by atoms with Gasteiger partial charge in [-0.1, -0.05) is 66.8 Å². The molecule has 0 spiro atoms. The second-order valence-electron chi connectivity index (χ2n) is 10.8. The van der Waals surface area contributed by atoms with Crippen molar-refractivity contribution in [2.45, 2.75) is 81.5 Å². The van der Waals surface area contributed by atoms with Gasteiger partial charge in [0.1, 0.15) is 0 Å². The van der Waals surface area contributed by atoms with E-state index in [0.29, 0.717) is 23.7 Å². The number of amides is 1. The summed E-state index contributed by atoms with van der Waals surface area (Å²) in [5.74, 6) is -0.271. The monoisotopic (exact) mass is 569 g/mol. The summed E-state index contributed by atoms with van der Waals surface area (Å²) in [6.07, 6.45) is 8.46. The number of aryl methyl sites for hydroxylation is 1. The Hall–Kier alpha value is -2.68. The molecule has 5 rings (SSSR count). The summed E-state index contributed by atoms with van der Waals surface area (Å²) in [7, 11) is -3.72. The first kappa shape index (κ1) is 27.9. The number of hydrogen-bond acceptors (Lipinski definition) is 5. The molecule has 0 radical (unpaired) electrons. The molecule has 2 heterocycles. The Morgan fingerprint density at radius 1 is 1.08 bits per heavy atom. The van der Waals surface area contributed by atoms with Crippen LogP contribution in [0.2, 0.25) is 5.02 Å². The zero-order valence-corrected chi connectivity index (χ0v) is 24.0. The lowest BCUT2D eigenvalue weighted by Crippen LogP contribution is -2.38. The van der Waals surface area contributed by atoms with Gasteiger partial charge in [0, 0.05) is 29.8 Å². The molecule has 1 aliphatic carbocycles. The third kappa shape index (κ3) is 6.73. The van der Waals surface area contributed by atoms with Crippen molar-refractivity contribution >= 4 is 27.3 Å². The summed E-state index contributed by atoms with van der Waals surface area (Å²) in [6.45, 7) is 3.31. The largest absolute Gasteiger partial charge is 0.376 e. The molecule has 1 saturated heterocycles. The van der Waals surface area contributed by atoms with Crippen LogP contribution in [0.3, 0.4) is 0 Å². The van der Waals surface area contributed by atoms with Gasteiger partial charge in [-0.2, -0.15) is 0 Å². The van der Waals surface area contributed by atoms with E-state index in [1.165, 1.54) is 0 Å². The fraction of sp³-hybridized carbons (Fsp3) is 0.467. The number of halogens is 1. The second-order valence-corrected chi connectivity index (χ2v) is 13.1. The third-order valence-electron chi connectivity index (χ3n) is 7.66. The Kier molecular flexibility index (Phi) is 8.74. The van der Waals surface area contributed by atoms with Crippen LogP contribution in [-0.4, -0.2) is 48.0 Å². The average Bonchev–Trinajstić information content (AvgIpc) is 3.59. The molecular weight excluding hydrogens is 534 g/mol. The highest BCUT2D eigenvalue weighted by Gasteiger charge is 2.31. The van der Waals surface area contributed by atoms with Crippen molar-refractivity contribution in [1.82, 2.24) is 14.5 Å². The minimum atomic E-state index is -3.72. The van der Waals surface area contributed by atoms with Crippen molar-refractivity contribution in [3.8, 4) is 0 Å². The number of ether oxygens (including phenoxy) is 1. The van der Waals surface area contributed by atoms with Gasteiger partial charge >= 0.3 is 0 Å². The smallest absolute Gasteiger partial charge is 0.254 e. The van der Waals surface area contributed by atoms with Gasteiger partial charge in [0.15, 0.2) is 0 Å². The molecule has 39 heavy (non-hydrogen) atoms. The van der Waals surface area contributed by atoms with Crippen molar-refractivity contribution in [1.29, 1.82) is 0 Å². The number of benzene rings is 2. The lowest BCUT2D eigenvalue weighted by Gasteiger charge is -2.30. The lowest BCUT2D eigenvalue weighted by molar-refractivity contribution is 0.0499. The number of nitrogens with zero attached hydrogens (tertiary/aromatic N) is 3. The molecule has 0 N–H and O–H groups in total. The van der Waals surface area contributed by atoms with Crippen molar-refractivity contribution in [2.75, 3.05) is 13.2 Å². The Morgan fingerprint density at radius 2 is 1.87 bits per heavy atom. The maximum atomic E-state index is 13.7. The predicted octanol–water partition coefficient (Wildman–Crippen LogP) is 6.15. The number of carbonyl (C=O) groups excluding carboxylic acids is 1. The summed E-state index contributed by atoms with van der Waals surface area (Å²) in [5.41, 5.74) is 2.99. The first-order valence-corrected chi connectivity index (χ1v) is 15.8. The topological polar surface area (TPSA) is 81.5 Å². The minimum Gasteiger partial charge on any atom is -0.376 e. The van der Waals surface area contributed by atoms with E-state index >= 15 is 0 Å². The van der Waals surface area contributed by atoms with Gasteiger partial charge in [-0.05, 0) is 56.4 Å². The van der Waals surface area contributed by atoms with Crippen molar-refractivity contribution in [3.63, 3.8) is 0 Å². The van der Waals surface area contributed by atoms with Crippen molar-refractivity contribution in [2.24, 2.45) is 0 Å². The summed E-state index contributed by atoms with van der Waals surface area (Å²) < 4.78 is 35.3. The minimum absolute atomic E-state index is 0.0318. The Morgan fingerprint density at radius 3 is 2.59 bits per heavy atom. The third-order valence-corrected chi connectivity index (χ3v) is 9.46. The van der Waals surface area contributed by atoms with Gasteiger partial charge in [0.25, 0.3) is 5.91 Å². The molecule has 9 heteroatoms. The first-order valence-electron chi connectivity index (χ1n) is 13.8. The maximum Gasteiger partial charge on any atom is 0.254 e. The second kappa shape index (κ2) is 12.2. The van der Waals surface area contributed by atoms with Gasteiger partial charge in [-0.25, -0.2) is 13.4 Å². The predicted molar refractivity (Wildman–Crippen MR) is 152 cm³/mol. The standard InChI is InChI=1S/C30H36ClN3O4S/c1-22-8-5-9-23(16-22)21-39(36,37)30-32-18-27(34(30)26-12-3-2-4-13-26)19-33(20-28-14-7-15-38-28)29(35)24-10-6-11-25(31)17-24/h5-6,8-11,16-18,26,28H,2-4,7,12-15,19-21H2,1H3. The number of hydrogen-bond donors (Lipinski definition) is 0. The molecule has 1 atom stereocenters. The number of aromatic nitrogens is 2. The fourth-order valence-corrected chi connectivity index (χ4v) is 7.51. The summed E-state index contributed by atoms with van der Waals surface area (Å²) in [6, 6.07) is 14.5. The van der Waals surface area contributed by atoms with Crippen LogP contribution in [0.15, 0.2) is 59.9 Å². The van der Waals surface area contributed by atoms with Crippen LogP contribution >= 0.6 is 11.6 Å². The normalized spacial score (nSPS) is 18.4. The van der Waals surface area contributed by atoms with Crippen LogP contribution < -0.4 is 0 Å². The van der Waals surface area contributed by atoms with E-state index in [1.54, 1.807) is 35.4 Å². The molecule has 3 aromatic rings. The van der Waals surface area contributed by atoms with Crippen LogP contribution in [0.25, 0.3) is 0 Å². The van der Waals surface area contributed by atoms with Gasteiger partial charge < -0.3 is 14.2 Å². The highest BCUT2D eigenvalue weighted by Crippen LogP contribution is 2.33. The molecule has 2 aromatic carbocycles. The molecule has 1 aromatic heterocycles. The zero-order chi connectivity index (χ0) is 27.4. The zero-order valence-electron chi connectivity index (χ0n) is 22.4. The highest BCUT2D eigenvalue weighted by atomic mass is 35.5. The fourth-order valence-electron chi connectivity index (χ4n) is 5.79. The Bertz CT molecular complexity index is 1410. The summed E-state index contributed by atoms with van der Waals surface area (Å²) in [5, 5.41) is 0.591. The van der Waals surface area contributed by atoms with E-state index in [2.05, 4.69) is 4.98 Å². The van der Waals surface area contributed by atoms with Gasteiger partial charge in [0.05, 0.1) is 30.3 Å². The summed E-state index contributed by atoms with van der Waals surface area (Å²) >= 11 is 6.20. The van der Waals surface area contributed by atoms with E-state index in [-0.39, 0.29) is 35.5 Å². The molecule has 1 unspecified atom stereocenters. The Balaban J connectivity index is 1.50. The van der Waals surface area contributed by atoms with Crippen LogP contribution in [0.4, 0.5) is 0 Å². The molecule has 208 valence electrons. The molecule has 7 nitrogen and oxygen atoms in total. The van der Waals surface area contributed by atoms with E-state index in [0.717, 1.165) is 61.8 Å². The van der Waals surface area contributed by atoms with Crippen LogP contribution in [0, 0.1) is 6.92 Å². The van der Waals surface area contributed by atoms with Crippen LogP contribution in [0.5, 0.6) is 0 Å². The summed E-state index contributed by atoms with van der Waals surface area (Å²) in [4.78, 5) is 20.0. The van der Waals surface area contributed by atoms with Crippen molar-refractivity contribution < 1.29 is 17.9 Å². The highest BCUT2D eigenvalue weighted by molar-refractivity contribution is 7.90. The van der Waals surface area contributed by atoms with Gasteiger partial charge in [-0.3, -0.25) is 4.79 Å². The number of rotatable bonds is 9. The van der Waals surface area contributed by atoms with E-state index in [1.807, 2.05) is 35.8 Å². The quantitative estimate of drug-likeness (QED) is 0.309. The molecule has 1 amide bonds. The average molecular weight is 570 g/mol. The van der Waals surface area contributed by atoms with Crippen LogP contribution in [0.1, 0.15) is 78.2 Å². The van der Waals surface area contributed by atoms with E-state index in [4.69, 9.17) is 16.3 Å². The number of imidazole rings is 1. The van der Waals surface area contributed by atoms with E-state index < -0.39 is 9.84 Å². The molecule has 1 saturated carbocycles. The van der Waals surface area contributed by atoms with Gasteiger partial charge in [-0.15, -0.1) is 0 Å². The molecule has 2 aliphatic rings. The lowest BCUT2D eigenvalue weighted by atomic mass is 9.95. The van der Waals surface area contributed by atoms with E-state index in [9.17, 15) is 13.2 Å². The SMILES string of the molecule is Cc1cccc(CS(=O)(=O)c2ncc(CN(CC3CCCO3)C(=O)c3cccc(Cl)c3)n2C2CCCCC2)c1. The number of carbonyl (C=O) groups is 1. The number of sulfone groups is 1. The maximum absolute atomic E-state index is 13.7. The van der Waals surface area contributed by atoms with Gasteiger partial charge in [0.2, 0.25) is 15.0 Å². The molecule has 0 bridgehead atoms. The first-order chi connectivity index (χ1) is 18.8. The van der Waals surface area contributed by atoms with Crippen molar-refractivity contribution in [3.05, 3.63) is 82.1 Å². The molecule has 2 fully saturated rings. The molecule has 1 aliphatic heterocycles. The molecular formula is C30H36ClN3O4S. The Labute approximate surface area is 236 Å². The van der Waals surface area contributed by atoms with Crippen LogP contribution in [-0.2, 0) is 26.9 Å².